The van der Waals surface area contributed by atoms with Crippen molar-refractivity contribution in [1.82, 2.24) is 4.90 Å². The zero-order valence-corrected chi connectivity index (χ0v) is 11.3. The Bertz CT molecular complexity index is 338. The molecule has 0 aliphatic rings. The Kier molecular flexibility index (Phi) is 5.08. The lowest BCUT2D eigenvalue weighted by Gasteiger charge is -2.20. The van der Waals surface area contributed by atoms with Gasteiger partial charge in [-0.25, -0.2) is 0 Å². The Morgan fingerprint density at radius 2 is 2.00 bits per heavy atom. The van der Waals surface area contributed by atoms with Crippen LogP contribution < -0.4 is 0 Å². The first-order valence-corrected chi connectivity index (χ1v) is 6.32. The van der Waals surface area contributed by atoms with Crippen molar-refractivity contribution in [2.24, 2.45) is 0 Å². The number of nitrogens with zero attached hydrogens (tertiary/aromatic N) is 1. The Morgan fingerprint density at radius 3 is 2.53 bits per heavy atom. The van der Waals surface area contributed by atoms with Crippen LogP contribution in [0.4, 0.5) is 0 Å². The fraction of sp³-hybridized carbons (Fsp3) is 0.417. The zero-order chi connectivity index (χ0) is 11.3. The summed E-state index contributed by atoms with van der Waals surface area (Å²) in [7, 11) is 0. The summed E-state index contributed by atoms with van der Waals surface area (Å²) in [4.78, 5) is 14.0. The lowest BCUT2D eigenvalue weighted by molar-refractivity contribution is 0.0763. The summed E-state index contributed by atoms with van der Waals surface area (Å²) in [6.07, 6.45) is 1.00. The van der Waals surface area contributed by atoms with Crippen LogP contribution in [0, 0.1) is 3.57 Å². The van der Waals surface area contributed by atoms with Gasteiger partial charge < -0.3 is 4.90 Å². The van der Waals surface area contributed by atoms with Gasteiger partial charge in [0, 0.05) is 16.7 Å². The van der Waals surface area contributed by atoms with Crippen molar-refractivity contribution in [3.8, 4) is 0 Å². The third-order valence-corrected chi connectivity index (χ3v) is 3.21. The van der Waals surface area contributed by atoms with E-state index in [2.05, 4.69) is 29.5 Å². The molecule has 0 spiro atoms. The molecule has 0 heterocycles. The van der Waals surface area contributed by atoms with E-state index in [4.69, 9.17) is 0 Å². The molecule has 0 unspecified atom stereocenters. The molecular weight excluding hydrogens is 301 g/mol. The quantitative estimate of drug-likeness (QED) is 0.781. The molecule has 15 heavy (non-hydrogen) atoms. The number of hydrogen-bond donors (Lipinski definition) is 0. The van der Waals surface area contributed by atoms with E-state index >= 15 is 0 Å². The lowest BCUT2D eigenvalue weighted by atomic mass is 10.2. The van der Waals surface area contributed by atoms with Crippen LogP contribution in [0.5, 0.6) is 0 Å². The van der Waals surface area contributed by atoms with Crippen LogP contribution in [0.2, 0.25) is 0 Å². The summed E-state index contributed by atoms with van der Waals surface area (Å²) in [6.45, 7) is 5.72. The predicted octanol–water partition coefficient (Wildman–Crippen LogP) is 3.16. The van der Waals surface area contributed by atoms with Gasteiger partial charge in [-0.15, -0.1) is 0 Å². The standard InChI is InChI=1S/C12H16INO/c1-3-9-14(4-2)12(15)10-7-5-6-8-11(10)13/h5-8H,3-4,9H2,1-2H3. The first kappa shape index (κ1) is 12.5. The average Bonchev–Trinajstić information content (AvgIpc) is 2.25. The fourth-order valence-electron chi connectivity index (χ4n) is 1.48. The molecule has 0 fully saturated rings. The molecule has 3 heteroatoms. The molecular formula is C12H16INO. The Balaban J connectivity index is 2.88. The summed E-state index contributed by atoms with van der Waals surface area (Å²) in [5.74, 6) is 0.143. The fourth-order valence-corrected chi connectivity index (χ4v) is 2.10. The maximum absolute atomic E-state index is 12.1. The maximum Gasteiger partial charge on any atom is 0.254 e. The third kappa shape index (κ3) is 3.19. The van der Waals surface area contributed by atoms with Crippen LogP contribution in [0.15, 0.2) is 24.3 Å². The van der Waals surface area contributed by atoms with Gasteiger partial charge in [0.1, 0.15) is 0 Å². The topological polar surface area (TPSA) is 20.3 Å². The monoisotopic (exact) mass is 317 g/mol. The smallest absolute Gasteiger partial charge is 0.254 e. The molecule has 0 aliphatic carbocycles. The molecule has 1 aromatic rings. The largest absolute Gasteiger partial charge is 0.339 e. The van der Waals surface area contributed by atoms with Gasteiger partial charge in [0.15, 0.2) is 0 Å². The third-order valence-electron chi connectivity index (χ3n) is 2.27. The second-order valence-corrected chi connectivity index (χ2v) is 4.53. The van der Waals surface area contributed by atoms with Crippen LogP contribution in [0.1, 0.15) is 30.6 Å². The highest BCUT2D eigenvalue weighted by Gasteiger charge is 2.14. The molecule has 0 saturated carbocycles. The van der Waals surface area contributed by atoms with Crippen LogP contribution in [0.25, 0.3) is 0 Å². The molecule has 0 bridgehead atoms. The maximum atomic E-state index is 12.1. The van der Waals surface area contributed by atoms with Crippen LogP contribution in [0.3, 0.4) is 0 Å². The molecule has 1 aromatic carbocycles. The Hall–Kier alpha value is -0.580. The summed E-state index contributed by atoms with van der Waals surface area (Å²) in [6, 6.07) is 7.72. The molecule has 1 rings (SSSR count). The molecule has 0 N–H and O–H groups in total. The molecule has 0 aromatic heterocycles. The number of hydrogen-bond acceptors (Lipinski definition) is 1. The van der Waals surface area contributed by atoms with Crippen LogP contribution >= 0.6 is 22.6 Å². The summed E-state index contributed by atoms with van der Waals surface area (Å²) < 4.78 is 1.02. The SMILES string of the molecule is CCCN(CC)C(=O)c1ccccc1I. The Morgan fingerprint density at radius 1 is 1.33 bits per heavy atom. The van der Waals surface area contributed by atoms with Crippen molar-refractivity contribution in [3.63, 3.8) is 0 Å². The predicted molar refractivity (Wildman–Crippen MR) is 71.0 cm³/mol. The molecule has 0 saturated heterocycles. The number of benzene rings is 1. The molecule has 82 valence electrons. The van der Waals surface area contributed by atoms with Gasteiger partial charge in [0.25, 0.3) is 5.91 Å². The number of amides is 1. The van der Waals surface area contributed by atoms with Crippen LogP contribution in [-0.4, -0.2) is 23.9 Å². The van der Waals surface area contributed by atoms with Crippen molar-refractivity contribution in [1.29, 1.82) is 0 Å². The Labute approximate surface area is 105 Å². The van der Waals surface area contributed by atoms with Gasteiger partial charge in [-0.1, -0.05) is 19.1 Å². The number of rotatable bonds is 4. The van der Waals surface area contributed by atoms with Gasteiger partial charge in [-0.3, -0.25) is 4.79 Å². The van der Waals surface area contributed by atoms with Crippen molar-refractivity contribution in [3.05, 3.63) is 33.4 Å². The summed E-state index contributed by atoms with van der Waals surface area (Å²) >= 11 is 2.21. The molecule has 0 aliphatic heterocycles. The van der Waals surface area contributed by atoms with Crippen molar-refractivity contribution in [2.45, 2.75) is 20.3 Å². The van der Waals surface area contributed by atoms with Gasteiger partial charge in [-0.2, -0.15) is 0 Å². The normalized spacial score (nSPS) is 10.1. The first-order valence-electron chi connectivity index (χ1n) is 5.24. The van der Waals surface area contributed by atoms with E-state index in [1.54, 1.807) is 0 Å². The molecule has 1 amide bonds. The van der Waals surface area contributed by atoms with E-state index in [0.29, 0.717) is 0 Å². The average molecular weight is 317 g/mol. The van der Waals surface area contributed by atoms with E-state index in [1.165, 1.54) is 0 Å². The van der Waals surface area contributed by atoms with E-state index in [0.717, 1.165) is 28.6 Å². The second-order valence-electron chi connectivity index (χ2n) is 3.36. The van der Waals surface area contributed by atoms with E-state index in [-0.39, 0.29) is 5.91 Å². The van der Waals surface area contributed by atoms with Gasteiger partial charge in [0.2, 0.25) is 0 Å². The first-order chi connectivity index (χ1) is 7.20. The molecule has 0 radical (unpaired) electrons. The van der Waals surface area contributed by atoms with Gasteiger partial charge in [0.05, 0.1) is 5.56 Å². The summed E-state index contributed by atoms with van der Waals surface area (Å²) in [5.41, 5.74) is 0.813. The van der Waals surface area contributed by atoms with E-state index in [1.807, 2.05) is 36.1 Å². The zero-order valence-electron chi connectivity index (χ0n) is 9.16. The van der Waals surface area contributed by atoms with Gasteiger partial charge in [-0.05, 0) is 48.1 Å². The lowest BCUT2D eigenvalue weighted by Crippen LogP contribution is -2.31. The molecule has 0 atom stereocenters. The minimum Gasteiger partial charge on any atom is -0.339 e. The van der Waals surface area contributed by atoms with Crippen molar-refractivity contribution < 1.29 is 4.79 Å². The van der Waals surface area contributed by atoms with Crippen LogP contribution in [-0.2, 0) is 0 Å². The minimum absolute atomic E-state index is 0.143. The van der Waals surface area contributed by atoms with Gasteiger partial charge >= 0.3 is 0 Å². The minimum atomic E-state index is 0.143. The number of carbonyl (C=O) groups excluding carboxylic acids is 1. The highest BCUT2D eigenvalue weighted by molar-refractivity contribution is 14.1. The highest BCUT2D eigenvalue weighted by Crippen LogP contribution is 2.14. The highest BCUT2D eigenvalue weighted by atomic mass is 127. The second kappa shape index (κ2) is 6.10. The number of halogens is 1. The van der Waals surface area contributed by atoms with E-state index in [9.17, 15) is 4.79 Å². The van der Waals surface area contributed by atoms with Crippen molar-refractivity contribution >= 4 is 28.5 Å². The number of carbonyl (C=O) groups is 1. The van der Waals surface area contributed by atoms with E-state index < -0.39 is 0 Å². The summed E-state index contributed by atoms with van der Waals surface area (Å²) in [5, 5.41) is 0. The molecule has 2 nitrogen and oxygen atoms in total. The van der Waals surface area contributed by atoms with Crippen molar-refractivity contribution in [2.75, 3.05) is 13.1 Å².